The van der Waals surface area contributed by atoms with Crippen LogP contribution in [-0.4, -0.2) is 7.11 Å². The van der Waals surface area contributed by atoms with Crippen molar-refractivity contribution in [3.8, 4) is 5.75 Å². The van der Waals surface area contributed by atoms with E-state index < -0.39 is 0 Å². The number of ether oxygens (including phenoxy) is 1. The molecule has 0 saturated heterocycles. The minimum Gasteiger partial charge on any atom is -0.496 e. The Morgan fingerprint density at radius 2 is 2.20 bits per heavy atom. The highest BCUT2D eigenvalue weighted by molar-refractivity contribution is 9.10. The van der Waals surface area contributed by atoms with Gasteiger partial charge in [0.15, 0.2) is 0 Å². The lowest BCUT2D eigenvalue weighted by molar-refractivity contribution is 0.412. The van der Waals surface area contributed by atoms with Crippen LogP contribution in [0.1, 0.15) is 5.56 Å². The molecular weight excluding hydrogens is 192 g/mol. The zero-order chi connectivity index (χ0) is 7.56. The molecule has 0 fully saturated rings. The third kappa shape index (κ3) is 1.51. The summed E-state index contributed by atoms with van der Waals surface area (Å²) in [5.74, 6) is 0.826. The van der Waals surface area contributed by atoms with Gasteiger partial charge in [0, 0.05) is 0 Å². The molecule has 53 valence electrons. The Morgan fingerprint density at radius 3 is 2.70 bits per heavy atom. The average molecular weight is 200 g/mol. The molecule has 0 heterocycles. The van der Waals surface area contributed by atoms with Crippen molar-refractivity contribution in [3.05, 3.63) is 35.2 Å². The maximum Gasteiger partial charge on any atom is 0.133 e. The SMILES string of the molecule is [CH2]c1ccc(Br)c(OC)c1. The summed E-state index contributed by atoms with van der Waals surface area (Å²) >= 11 is 3.34. The molecule has 1 nitrogen and oxygen atoms in total. The van der Waals surface area contributed by atoms with Crippen LogP contribution >= 0.6 is 15.9 Å². The maximum absolute atomic E-state index is 5.04. The Labute approximate surface area is 69.1 Å². The van der Waals surface area contributed by atoms with E-state index in [9.17, 15) is 0 Å². The summed E-state index contributed by atoms with van der Waals surface area (Å²) in [6, 6.07) is 5.72. The van der Waals surface area contributed by atoms with Crippen LogP contribution in [0.3, 0.4) is 0 Å². The van der Waals surface area contributed by atoms with Gasteiger partial charge in [-0.25, -0.2) is 0 Å². The molecule has 2 heteroatoms. The van der Waals surface area contributed by atoms with E-state index in [1.165, 1.54) is 0 Å². The average Bonchev–Trinajstić information content (AvgIpc) is 1.94. The second kappa shape index (κ2) is 3.06. The summed E-state index contributed by atoms with van der Waals surface area (Å²) < 4.78 is 6.00. The molecule has 0 saturated carbocycles. The van der Waals surface area contributed by atoms with E-state index in [1.54, 1.807) is 7.11 Å². The monoisotopic (exact) mass is 199 g/mol. The first-order valence-electron chi connectivity index (χ1n) is 2.89. The summed E-state index contributed by atoms with van der Waals surface area (Å²) in [4.78, 5) is 0. The molecule has 0 aliphatic carbocycles. The molecule has 0 aliphatic rings. The molecule has 10 heavy (non-hydrogen) atoms. The lowest BCUT2D eigenvalue weighted by Gasteiger charge is -2.02. The molecule has 0 aromatic heterocycles. The molecular formula is C8H8BrO. The Balaban J connectivity index is 3.09. The Morgan fingerprint density at radius 1 is 1.50 bits per heavy atom. The first-order valence-corrected chi connectivity index (χ1v) is 3.69. The van der Waals surface area contributed by atoms with Crippen LogP contribution in [0.5, 0.6) is 5.75 Å². The van der Waals surface area contributed by atoms with Gasteiger partial charge in [0.05, 0.1) is 11.6 Å². The largest absolute Gasteiger partial charge is 0.496 e. The molecule has 1 rings (SSSR count). The van der Waals surface area contributed by atoms with Crippen molar-refractivity contribution in [2.24, 2.45) is 0 Å². The first-order chi connectivity index (χ1) is 4.74. The molecule has 0 atom stereocenters. The fraction of sp³-hybridized carbons (Fsp3) is 0.125. The molecule has 1 aromatic rings. The smallest absolute Gasteiger partial charge is 0.133 e. The molecule has 0 unspecified atom stereocenters. The highest BCUT2D eigenvalue weighted by atomic mass is 79.9. The van der Waals surface area contributed by atoms with E-state index in [1.807, 2.05) is 18.2 Å². The van der Waals surface area contributed by atoms with E-state index in [2.05, 4.69) is 22.9 Å². The normalized spacial score (nSPS) is 9.50. The van der Waals surface area contributed by atoms with E-state index in [0.717, 1.165) is 15.8 Å². The number of hydrogen-bond acceptors (Lipinski definition) is 1. The van der Waals surface area contributed by atoms with Crippen LogP contribution in [0.25, 0.3) is 0 Å². The van der Waals surface area contributed by atoms with Crippen molar-refractivity contribution in [1.29, 1.82) is 0 Å². The summed E-state index contributed by atoms with van der Waals surface area (Å²) in [5.41, 5.74) is 0.958. The minimum absolute atomic E-state index is 0.826. The number of rotatable bonds is 1. The van der Waals surface area contributed by atoms with Gasteiger partial charge >= 0.3 is 0 Å². The minimum atomic E-state index is 0.826. The number of halogens is 1. The zero-order valence-corrected chi connectivity index (χ0v) is 7.31. The van der Waals surface area contributed by atoms with Crippen LogP contribution in [0, 0.1) is 6.92 Å². The first kappa shape index (κ1) is 7.61. The van der Waals surface area contributed by atoms with Crippen molar-refractivity contribution in [1.82, 2.24) is 0 Å². The van der Waals surface area contributed by atoms with Crippen molar-refractivity contribution in [2.45, 2.75) is 0 Å². The Bertz CT molecular complexity index is 233. The van der Waals surface area contributed by atoms with E-state index >= 15 is 0 Å². The number of hydrogen-bond donors (Lipinski definition) is 0. The second-order valence-corrected chi connectivity index (χ2v) is 2.82. The topological polar surface area (TPSA) is 9.23 Å². The van der Waals surface area contributed by atoms with Gasteiger partial charge in [0.1, 0.15) is 5.75 Å². The lowest BCUT2D eigenvalue weighted by atomic mass is 10.2. The number of methoxy groups -OCH3 is 1. The molecule has 0 bridgehead atoms. The van der Waals surface area contributed by atoms with Gasteiger partial charge in [0.2, 0.25) is 0 Å². The van der Waals surface area contributed by atoms with Crippen molar-refractivity contribution < 1.29 is 4.74 Å². The summed E-state index contributed by atoms with van der Waals surface area (Å²) in [6.45, 7) is 3.77. The molecule has 0 amide bonds. The lowest BCUT2D eigenvalue weighted by Crippen LogP contribution is -1.84. The molecule has 1 aromatic carbocycles. The highest BCUT2D eigenvalue weighted by Gasteiger charge is 1.96. The molecule has 1 radical (unpaired) electrons. The predicted molar refractivity (Wildman–Crippen MR) is 45.2 cm³/mol. The Kier molecular flexibility index (Phi) is 2.33. The maximum atomic E-state index is 5.04. The van der Waals surface area contributed by atoms with Gasteiger partial charge in [-0.2, -0.15) is 0 Å². The zero-order valence-electron chi connectivity index (χ0n) is 5.73. The fourth-order valence-electron chi connectivity index (χ4n) is 0.704. The van der Waals surface area contributed by atoms with Crippen LogP contribution in [-0.2, 0) is 0 Å². The van der Waals surface area contributed by atoms with Gasteiger partial charge in [-0.15, -0.1) is 0 Å². The standard InChI is InChI=1S/C8H8BrO/c1-6-3-4-7(9)8(5-6)10-2/h3-5H,1H2,2H3. The van der Waals surface area contributed by atoms with E-state index in [0.29, 0.717) is 0 Å². The van der Waals surface area contributed by atoms with Crippen LogP contribution < -0.4 is 4.74 Å². The summed E-state index contributed by atoms with van der Waals surface area (Å²) in [7, 11) is 1.64. The van der Waals surface area contributed by atoms with E-state index in [-0.39, 0.29) is 0 Å². The van der Waals surface area contributed by atoms with Gasteiger partial charge < -0.3 is 4.74 Å². The van der Waals surface area contributed by atoms with Crippen LogP contribution in [0.2, 0.25) is 0 Å². The van der Waals surface area contributed by atoms with Gasteiger partial charge in [0.25, 0.3) is 0 Å². The molecule has 0 spiro atoms. The second-order valence-electron chi connectivity index (χ2n) is 1.97. The van der Waals surface area contributed by atoms with E-state index in [4.69, 9.17) is 4.74 Å². The number of benzene rings is 1. The highest BCUT2D eigenvalue weighted by Crippen LogP contribution is 2.24. The van der Waals surface area contributed by atoms with Crippen molar-refractivity contribution in [3.63, 3.8) is 0 Å². The Hall–Kier alpha value is -0.500. The third-order valence-corrected chi connectivity index (χ3v) is 1.87. The van der Waals surface area contributed by atoms with Gasteiger partial charge in [-0.3, -0.25) is 0 Å². The van der Waals surface area contributed by atoms with Crippen LogP contribution in [0.15, 0.2) is 22.7 Å². The summed E-state index contributed by atoms with van der Waals surface area (Å²) in [5, 5.41) is 0. The van der Waals surface area contributed by atoms with Gasteiger partial charge in [-0.05, 0) is 40.5 Å². The van der Waals surface area contributed by atoms with Crippen molar-refractivity contribution in [2.75, 3.05) is 7.11 Å². The fourth-order valence-corrected chi connectivity index (χ4v) is 1.11. The summed E-state index contributed by atoms with van der Waals surface area (Å²) in [6.07, 6.45) is 0. The molecule has 0 aliphatic heterocycles. The van der Waals surface area contributed by atoms with Gasteiger partial charge in [-0.1, -0.05) is 6.07 Å². The van der Waals surface area contributed by atoms with Crippen LogP contribution in [0.4, 0.5) is 0 Å². The predicted octanol–water partition coefficient (Wildman–Crippen LogP) is 2.64. The third-order valence-electron chi connectivity index (χ3n) is 1.22. The van der Waals surface area contributed by atoms with Crippen molar-refractivity contribution >= 4 is 15.9 Å². The quantitative estimate of drug-likeness (QED) is 0.677. The molecule has 0 N–H and O–H groups in total.